The highest BCUT2D eigenvalue weighted by atomic mass is 79.9. The molecule has 3 rings (SSSR count). The van der Waals surface area contributed by atoms with Crippen LogP contribution in [0.15, 0.2) is 41.1 Å². The monoisotopic (exact) mass is 411 g/mol. The van der Waals surface area contributed by atoms with Crippen LogP contribution < -0.4 is 5.32 Å². The molecule has 130 valence electrons. The number of nitrogens with zero attached hydrogens (tertiary/aromatic N) is 2. The van der Waals surface area contributed by atoms with E-state index in [2.05, 4.69) is 39.3 Å². The Morgan fingerprint density at radius 2 is 2.17 bits per heavy atom. The summed E-state index contributed by atoms with van der Waals surface area (Å²) in [6.45, 7) is 4.77. The van der Waals surface area contributed by atoms with E-state index in [1.54, 1.807) is 0 Å². The van der Waals surface area contributed by atoms with Gasteiger partial charge in [0.05, 0.1) is 23.2 Å². The van der Waals surface area contributed by atoms with Gasteiger partial charge in [-0.2, -0.15) is 5.10 Å². The molecule has 2 aromatic rings. The molecule has 7 heteroatoms. The fourth-order valence-corrected chi connectivity index (χ4v) is 5.88. The van der Waals surface area contributed by atoms with Gasteiger partial charge >= 0.3 is 0 Å². The Hall–Kier alpha value is -1.18. The van der Waals surface area contributed by atoms with Crippen LogP contribution >= 0.6 is 15.9 Å². The van der Waals surface area contributed by atoms with Crippen LogP contribution in [0.3, 0.4) is 0 Å². The number of rotatable bonds is 5. The fourth-order valence-electron chi connectivity index (χ4n) is 3.13. The van der Waals surface area contributed by atoms with Gasteiger partial charge in [-0.25, -0.2) is 8.42 Å². The normalized spacial score (nSPS) is 24.1. The Labute approximate surface area is 151 Å². The molecular weight excluding hydrogens is 390 g/mol. The minimum absolute atomic E-state index is 0.169. The first-order valence-corrected chi connectivity index (χ1v) is 10.6. The minimum Gasteiger partial charge on any atom is -0.306 e. The van der Waals surface area contributed by atoms with Gasteiger partial charge in [-0.1, -0.05) is 34.1 Å². The molecular formula is C17H22BrN3O2S. The molecule has 1 aliphatic rings. The molecule has 2 atom stereocenters. The van der Waals surface area contributed by atoms with Crippen LogP contribution in [0.1, 0.15) is 37.4 Å². The van der Waals surface area contributed by atoms with Gasteiger partial charge in [0.15, 0.2) is 9.84 Å². The molecule has 1 N–H and O–H groups in total. The molecule has 0 radical (unpaired) electrons. The number of nitrogens with one attached hydrogen (secondary N) is 1. The lowest BCUT2D eigenvalue weighted by atomic mass is 10.0. The van der Waals surface area contributed by atoms with Gasteiger partial charge in [0.1, 0.15) is 0 Å². The van der Waals surface area contributed by atoms with Gasteiger partial charge in [0, 0.05) is 28.8 Å². The Morgan fingerprint density at radius 1 is 1.42 bits per heavy atom. The molecule has 0 spiro atoms. The Bertz CT molecular complexity index is 834. The fraction of sp³-hybridized carbons (Fsp3) is 0.471. The van der Waals surface area contributed by atoms with Crippen LogP contribution in [0.5, 0.6) is 0 Å². The van der Waals surface area contributed by atoms with Crippen molar-refractivity contribution in [3.05, 3.63) is 52.3 Å². The lowest BCUT2D eigenvalue weighted by molar-refractivity contribution is 0.328. The number of halogens is 1. The van der Waals surface area contributed by atoms with Crippen molar-refractivity contribution in [3.8, 4) is 0 Å². The van der Waals surface area contributed by atoms with Crippen LogP contribution in [0.25, 0.3) is 0 Å². The summed E-state index contributed by atoms with van der Waals surface area (Å²) in [7, 11) is -2.94. The summed E-state index contributed by atoms with van der Waals surface area (Å²) in [4.78, 5) is 0. The third kappa shape index (κ3) is 3.73. The van der Waals surface area contributed by atoms with Gasteiger partial charge in [0.2, 0.25) is 0 Å². The summed E-state index contributed by atoms with van der Waals surface area (Å²) >= 11 is 3.58. The topological polar surface area (TPSA) is 64.0 Å². The van der Waals surface area contributed by atoms with Gasteiger partial charge in [-0.05, 0) is 31.9 Å². The third-order valence-electron chi connectivity index (χ3n) is 4.66. The third-order valence-corrected chi connectivity index (χ3v) is 7.27. The van der Waals surface area contributed by atoms with Crippen molar-refractivity contribution in [3.63, 3.8) is 0 Å². The molecule has 5 nitrogen and oxygen atoms in total. The molecule has 0 bridgehead atoms. The summed E-state index contributed by atoms with van der Waals surface area (Å²) in [5, 5.41) is 7.89. The number of hydrogen-bond acceptors (Lipinski definition) is 4. The predicted octanol–water partition coefficient (Wildman–Crippen LogP) is 3.03. The molecule has 2 heterocycles. The summed E-state index contributed by atoms with van der Waals surface area (Å²) in [5.41, 5.74) is 1.84. The van der Waals surface area contributed by atoms with Crippen LogP contribution in [-0.4, -0.2) is 29.7 Å². The maximum atomic E-state index is 11.8. The number of hydrogen-bond donors (Lipinski definition) is 1. The Morgan fingerprint density at radius 3 is 2.83 bits per heavy atom. The van der Waals surface area contributed by atoms with Crippen molar-refractivity contribution >= 4 is 25.8 Å². The molecule has 1 aromatic heterocycles. The first-order chi connectivity index (χ1) is 11.3. The quantitative estimate of drug-likeness (QED) is 0.820. The zero-order chi connectivity index (χ0) is 17.4. The number of aromatic nitrogens is 2. The van der Waals surface area contributed by atoms with Crippen molar-refractivity contribution in [2.75, 3.05) is 11.5 Å². The van der Waals surface area contributed by atoms with E-state index in [1.165, 1.54) is 5.56 Å². The highest BCUT2D eigenvalue weighted by Crippen LogP contribution is 2.30. The minimum atomic E-state index is -2.94. The first kappa shape index (κ1) is 17.6. The van der Waals surface area contributed by atoms with E-state index in [4.69, 9.17) is 0 Å². The van der Waals surface area contributed by atoms with Gasteiger partial charge < -0.3 is 5.32 Å². The van der Waals surface area contributed by atoms with Crippen molar-refractivity contribution in [1.29, 1.82) is 0 Å². The summed E-state index contributed by atoms with van der Waals surface area (Å²) in [6, 6.07) is 8.35. The first-order valence-electron chi connectivity index (χ1n) is 8.01. The SMILES string of the molecule is C[C@@H](NCc1cnn([C@]2(C)CCS(=O)(=O)C2)c1)c1ccccc1Br. The average molecular weight is 412 g/mol. The molecule has 1 aromatic carbocycles. The van der Waals surface area contributed by atoms with Gasteiger partial charge in [-0.15, -0.1) is 0 Å². The van der Waals surface area contributed by atoms with Crippen LogP contribution in [0.2, 0.25) is 0 Å². The second kappa shape index (κ2) is 6.61. The van der Waals surface area contributed by atoms with Crippen LogP contribution in [0, 0.1) is 0 Å². The smallest absolute Gasteiger partial charge is 0.152 e. The van der Waals surface area contributed by atoms with Crippen LogP contribution in [0.4, 0.5) is 0 Å². The van der Waals surface area contributed by atoms with Crippen molar-refractivity contribution in [2.45, 2.75) is 38.4 Å². The largest absolute Gasteiger partial charge is 0.306 e. The molecule has 0 amide bonds. The zero-order valence-electron chi connectivity index (χ0n) is 13.9. The molecule has 24 heavy (non-hydrogen) atoms. The highest BCUT2D eigenvalue weighted by Gasteiger charge is 2.40. The van der Waals surface area contributed by atoms with E-state index in [1.807, 2.05) is 42.2 Å². The van der Waals surface area contributed by atoms with Crippen LogP contribution in [-0.2, 0) is 21.9 Å². The van der Waals surface area contributed by atoms with Gasteiger partial charge in [-0.3, -0.25) is 4.68 Å². The molecule has 1 saturated heterocycles. The van der Waals surface area contributed by atoms with Crippen molar-refractivity contribution in [2.24, 2.45) is 0 Å². The maximum absolute atomic E-state index is 11.8. The predicted molar refractivity (Wildman–Crippen MR) is 98.5 cm³/mol. The average Bonchev–Trinajstić information content (AvgIpc) is 3.11. The van der Waals surface area contributed by atoms with E-state index >= 15 is 0 Å². The number of sulfone groups is 1. The summed E-state index contributed by atoms with van der Waals surface area (Å²) in [5.74, 6) is 0.415. The molecule has 1 aliphatic heterocycles. The second-order valence-corrected chi connectivity index (χ2v) is 9.79. The van der Waals surface area contributed by atoms with Crippen molar-refractivity contribution in [1.82, 2.24) is 15.1 Å². The van der Waals surface area contributed by atoms with E-state index in [9.17, 15) is 8.42 Å². The lowest BCUT2D eigenvalue weighted by Crippen LogP contribution is -2.31. The second-order valence-electron chi connectivity index (χ2n) is 6.76. The molecule has 0 unspecified atom stereocenters. The Kier molecular flexibility index (Phi) is 4.86. The standard InChI is InChI=1S/C17H22BrN3O2S/c1-13(15-5-3-4-6-16(15)18)19-9-14-10-20-21(11-14)17(2)7-8-24(22,23)12-17/h3-6,10-11,13,19H,7-9,12H2,1-2H3/t13-,17-/m1/s1. The highest BCUT2D eigenvalue weighted by molar-refractivity contribution is 9.10. The van der Waals surface area contributed by atoms with E-state index < -0.39 is 15.4 Å². The van der Waals surface area contributed by atoms with E-state index in [0.29, 0.717) is 13.0 Å². The summed E-state index contributed by atoms with van der Waals surface area (Å²) in [6.07, 6.45) is 4.40. The van der Waals surface area contributed by atoms with Gasteiger partial charge in [0.25, 0.3) is 0 Å². The number of benzene rings is 1. The molecule has 0 aliphatic carbocycles. The Balaban J connectivity index is 1.66. The lowest BCUT2D eigenvalue weighted by Gasteiger charge is -2.22. The maximum Gasteiger partial charge on any atom is 0.152 e. The molecule has 0 saturated carbocycles. The van der Waals surface area contributed by atoms with E-state index in [-0.39, 0.29) is 17.5 Å². The zero-order valence-corrected chi connectivity index (χ0v) is 16.3. The molecule has 1 fully saturated rings. The summed E-state index contributed by atoms with van der Waals surface area (Å²) < 4.78 is 26.4. The van der Waals surface area contributed by atoms with Crippen molar-refractivity contribution < 1.29 is 8.42 Å². The van der Waals surface area contributed by atoms with E-state index in [0.717, 1.165) is 10.0 Å².